The molecule has 2 fully saturated rings. The molecule has 2 rings (SSSR count). The number of hydrogen-bond donors (Lipinski definition) is 0. The van der Waals surface area contributed by atoms with Gasteiger partial charge in [0, 0.05) is 19.6 Å². The van der Waals surface area contributed by atoms with Crippen molar-refractivity contribution >= 4 is 5.78 Å². The van der Waals surface area contributed by atoms with Gasteiger partial charge < -0.3 is 9.47 Å². The highest BCUT2D eigenvalue weighted by atomic mass is 16.5. The highest BCUT2D eigenvalue weighted by molar-refractivity contribution is 5.91. The average Bonchev–Trinajstić information content (AvgIpc) is 2.35. The molecular weight excluding hydrogens is 242 g/mol. The highest BCUT2D eigenvalue weighted by Crippen LogP contribution is 2.39. The van der Waals surface area contributed by atoms with Crippen LogP contribution in [0.15, 0.2) is 0 Å². The van der Waals surface area contributed by atoms with E-state index >= 15 is 0 Å². The number of rotatable bonds is 2. The van der Waals surface area contributed by atoms with Crippen molar-refractivity contribution in [3.63, 3.8) is 0 Å². The molecular formula is C15H27NO3. The van der Waals surface area contributed by atoms with Gasteiger partial charge in [-0.25, -0.2) is 0 Å². The van der Waals surface area contributed by atoms with Crippen LogP contribution in [0.25, 0.3) is 0 Å². The van der Waals surface area contributed by atoms with Crippen molar-refractivity contribution in [2.45, 2.75) is 58.3 Å². The largest absolute Gasteiger partial charge is 0.373 e. The molecule has 0 aromatic heterocycles. The van der Waals surface area contributed by atoms with E-state index in [-0.39, 0.29) is 22.9 Å². The molecule has 0 aliphatic carbocycles. The van der Waals surface area contributed by atoms with Crippen LogP contribution in [0.2, 0.25) is 0 Å². The van der Waals surface area contributed by atoms with E-state index in [1.54, 1.807) is 0 Å². The first kappa shape index (κ1) is 14.9. The lowest BCUT2D eigenvalue weighted by atomic mass is 9.85. The molecule has 2 aliphatic rings. The molecule has 0 N–H and O–H groups in total. The van der Waals surface area contributed by atoms with Crippen molar-refractivity contribution in [1.82, 2.24) is 4.90 Å². The minimum absolute atomic E-state index is 0.0589. The number of ether oxygens (including phenoxy) is 2. The van der Waals surface area contributed by atoms with Crippen LogP contribution in [0.4, 0.5) is 0 Å². The van der Waals surface area contributed by atoms with Gasteiger partial charge in [0.2, 0.25) is 0 Å². The Morgan fingerprint density at radius 3 is 2.32 bits per heavy atom. The van der Waals surface area contributed by atoms with Gasteiger partial charge in [-0.05, 0) is 41.5 Å². The zero-order valence-corrected chi connectivity index (χ0v) is 13.1. The van der Waals surface area contributed by atoms with Crippen LogP contribution < -0.4 is 0 Å². The van der Waals surface area contributed by atoms with Crippen LogP contribution in [0, 0.1) is 5.92 Å². The number of Topliss-reactive ketones (excluding diaryl/α,β-unsaturated/α-hetero) is 1. The Hall–Kier alpha value is -0.450. The van der Waals surface area contributed by atoms with Crippen LogP contribution in [-0.2, 0) is 14.3 Å². The first-order chi connectivity index (χ1) is 8.54. The van der Waals surface area contributed by atoms with Crippen LogP contribution in [0.5, 0.6) is 0 Å². The standard InChI is InChI=1S/C15H27NO3/c1-13(2)10-16(7-8-18-13)9-11-12(17)15(5,6)19-14(11,3)4/h11H,7-10H2,1-6H3. The number of hydrogen-bond acceptors (Lipinski definition) is 4. The minimum atomic E-state index is -0.657. The monoisotopic (exact) mass is 269 g/mol. The van der Waals surface area contributed by atoms with Crippen molar-refractivity contribution in [3.8, 4) is 0 Å². The lowest BCUT2D eigenvalue weighted by Gasteiger charge is -2.40. The maximum atomic E-state index is 12.5. The molecule has 0 radical (unpaired) electrons. The summed E-state index contributed by atoms with van der Waals surface area (Å²) in [5, 5.41) is 0. The Morgan fingerprint density at radius 2 is 1.84 bits per heavy atom. The van der Waals surface area contributed by atoms with Crippen molar-refractivity contribution in [2.75, 3.05) is 26.2 Å². The predicted octanol–water partition coefficient (Wildman–Crippen LogP) is 1.87. The molecule has 19 heavy (non-hydrogen) atoms. The van der Waals surface area contributed by atoms with Crippen molar-refractivity contribution in [3.05, 3.63) is 0 Å². The summed E-state index contributed by atoms with van der Waals surface area (Å²) in [6, 6.07) is 0. The van der Waals surface area contributed by atoms with E-state index < -0.39 is 5.60 Å². The maximum absolute atomic E-state index is 12.5. The average molecular weight is 269 g/mol. The third-order valence-electron chi connectivity index (χ3n) is 4.21. The van der Waals surface area contributed by atoms with Gasteiger partial charge in [0.15, 0.2) is 5.78 Å². The van der Waals surface area contributed by atoms with Gasteiger partial charge in [0.25, 0.3) is 0 Å². The molecule has 0 aromatic rings. The number of carbonyl (C=O) groups excluding carboxylic acids is 1. The van der Waals surface area contributed by atoms with E-state index in [1.165, 1.54) is 0 Å². The summed E-state index contributed by atoms with van der Waals surface area (Å²) < 4.78 is 11.7. The second kappa shape index (κ2) is 4.54. The fourth-order valence-corrected chi connectivity index (χ4v) is 3.35. The minimum Gasteiger partial charge on any atom is -0.373 e. The van der Waals surface area contributed by atoms with Gasteiger partial charge in [0.05, 0.1) is 23.7 Å². The number of ketones is 1. The van der Waals surface area contributed by atoms with Crippen LogP contribution in [0.1, 0.15) is 41.5 Å². The second-order valence-corrected chi connectivity index (χ2v) is 7.48. The number of morpholine rings is 1. The van der Waals surface area contributed by atoms with E-state index in [0.29, 0.717) is 0 Å². The predicted molar refractivity (Wildman–Crippen MR) is 74.2 cm³/mol. The van der Waals surface area contributed by atoms with Crippen LogP contribution >= 0.6 is 0 Å². The summed E-state index contributed by atoms with van der Waals surface area (Å²) in [5.74, 6) is 0.165. The Morgan fingerprint density at radius 1 is 1.21 bits per heavy atom. The van der Waals surface area contributed by atoms with E-state index in [4.69, 9.17) is 9.47 Å². The quantitative estimate of drug-likeness (QED) is 0.767. The van der Waals surface area contributed by atoms with E-state index in [0.717, 1.165) is 26.2 Å². The molecule has 0 saturated carbocycles. The van der Waals surface area contributed by atoms with Crippen molar-refractivity contribution in [1.29, 1.82) is 0 Å². The highest BCUT2D eigenvalue weighted by Gasteiger charge is 2.53. The normalized spacial score (nSPS) is 33.6. The maximum Gasteiger partial charge on any atom is 0.171 e. The molecule has 0 spiro atoms. The molecule has 110 valence electrons. The fraction of sp³-hybridized carbons (Fsp3) is 0.933. The molecule has 4 heteroatoms. The molecule has 2 heterocycles. The van der Waals surface area contributed by atoms with E-state index in [2.05, 4.69) is 18.7 Å². The van der Waals surface area contributed by atoms with Crippen molar-refractivity contribution in [2.24, 2.45) is 5.92 Å². The van der Waals surface area contributed by atoms with Crippen molar-refractivity contribution < 1.29 is 14.3 Å². The first-order valence-electron chi connectivity index (χ1n) is 7.14. The topological polar surface area (TPSA) is 38.8 Å². The van der Waals surface area contributed by atoms with Gasteiger partial charge in [-0.2, -0.15) is 0 Å². The summed E-state index contributed by atoms with van der Waals surface area (Å²) in [4.78, 5) is 14.8. The second-order valence-electron chi connectivity index (χ2n) is 7.48. The molecule has 1 unspecified atom stereocenters. The molecule has 2 saturated heterocycles. The van der Waals surface area contributed by atoms with E-state index in [9.17, 15) is 4.79 Å². The molecule has 0 bridgehead atoms. The zero-order valence-electron chi connectivity index (χ0n) is 13.1. The summed E-state index contributed by atoms with van der Waals surface area (Å²) >= 11 is 0. The van der Waals surface area contributed by atoms with Gasteiger partial charge in [-0.3, -0.25) is 9.69 Å². The van der Waals surface area contributed by atoms with Gasteiger partial charge in [-0.1, -0.05) is 0 Å². The molecule has 1 atom stereocenters. The first-order valence-corrected chi connectivity index (χ1v) is 7.14. The van der Waals surface area contributed by atoms with Gasteiger partial charge >= 0.3 is 0 Å². The SMILES string of the molecule is CC1(C)CN(CC2C(=O)C(C)(C)OC2(C)C)CCO1. The molecule has 0 aromatic carbocycles. The third-order valence-corrected chi connectivity index (χ3v) is 4.21. The Labute approximate surface area is 116 Å². The smallest absolute Gasteiger partial charge is 0.171 e. The van der Waals surface area contributed by atoms with Crippen LogP contribution in [-0.4, -0.2) is 53.7 Å². The lowest BCUT2D eigenvalue weighted by Crippen LogP contribution is -2.52. The van der Waals surface area contributed by atoms with Gasteiger partial charge in [-0.15, -0.1) is 0 Å². The fourth-order valence-electron chi connectivity index (χ4n) is 3.35. The molecule has 2 aliphatic heterocycles. The number of nitrogens with zero attached hydrogens (tertiary/aromatic N) is 1. The Bertz CT molecular complexity index is 374. The lowest BCUT2D eigenvalue weighted by molar-refractivity contribution is -0.132. The Balaban J connectivity index is 2.08. The summed E-state index contributed by atoms with van der Waals surface area (Å²) in [6.45, 7) is 15.3. The van der Waals surface area contributed by atoms with Gasteiger partial charge in [0.1, 0.15) is 5.60 Å². The summed E-state index contributed by atoms with van der Waals surface area (Å²) in [6.07, 6.45) is 0. The third kappa shape index (κ3) is 3.01. The number of carbonyl (C=O) groups is 1. The summed E-state index contributed by atoms with van der Waals surface area (Å²) in [7, 11) is 0. The zero-order chi connectivity index (χ0) is 14.5. The summed E-state index contributed by atoms with van der Waals surface area (Å²) in [5.41, 5.74) is -1.17. The van der Waals surface area contributed by atoms with E-state index in [1.807, 2.05) is 27.7 Å². The molecule has 0 amide bonds. The van der Waals surface area contributed by atoms with Crippen LogP contribution in [0.3, 0.4) is 0 Å². The Kier molecular flexibility index (Phi) is 3.57. The molecule has 4 nitrogen and oxygen atoms in total.